The van der Waals surface area contributed by atoms with Gasteiger partial charge in [-0.05, 0) is 41.3 Å². The summed E-state index contributed by atoms with van der Waals surface area (Å²) < 4.78 is 18.9. The molecule has 0 aliphatic carbocycles. The van der Waals surface area contributed by atoms with Crippen molar-refractivity contribution in [3.05, 3.63) is 71.8 Å². The van der Waals surface area contributed by atoms with Crippen molar-refractivity contribution in [3.8, 4) is 28.6 Å². The number of nitrogens with zero attached hydrogens (tertiary/aromatic N) is 2. The van der Waals surface area contributed by atoms with E-state index in [2.05, 4.69) is 48.7 Å². The molecule has 160 valence electrons. The molecule has 0 amide bonds. The molecule has 0 aliphatic heterocycles. The van der Waals surface area contributed by atoms with Crippen LogP contribution in [0.15, 0.2) is 60.7 Å². The highest BCUT2D eigenvalue weighted by molar-refractivity contribution is 5.81. The van der Waals surface area contributed by atoms with E-state index in [-0.39, 0.29) is 0 Å². The van der Waals surface area contributed by atoms with E-state index in [1.807, 2.05) is 30.3 Å². The minimum absolute atomic E-state index is 0.512. The lowest BCUT2D eigenvalue weighted by atomic mass is 10.0. The third kappa shape index (κ3) is 3.96. The maximum atomic E-state index is 5.57. The van der Waals surface area contributed by atoms with Gasteiger partial charge in [0.25, 0.3) is 0 Å². The molecule has 0 N–H and O–H groups in total. The normalized spacial score (nSPS) is 11.2. The Morgan fingerprint density at radius 3 is 2.06 bits per heavy atom. The van der Waals surface area contributed by atoms with E-state index >= 15 is 0 Å². The van der Waals surface area contributed by atoms with Gasteiger partial charge < -0.3 is 18.8 Å². The fourth-order valence-electron chi connectivity index (χ4n) is 3.86. The minimum Gasteiger partial charge on any atom is -0.493 e. The predicted octanol–water partition coefficient (Wildman–Crippen LogP) is 5.90. The van der Waals surface area contributed by atoms with E-state index in [1.165, 1.54) is 11.1 Å². The quantitative estimate of drug-likeness (QED) is 0.376. The van der Waals surface area contributed by atoms with Gasteiger partial charge in [-0.1, -0.05) is 50.2 Å². The van der Waals surface area contributed by atoms with E-state index < -0.39 is 0 Å². The molecular formula is C26H28N2O3. The Labute approximate surface area is 183 Å². The van der Waals surface area contributed by atoms with E-state index in [0.29, 0.717) is 29.7 Å². The van der Waals surface area contributed by atoms with Crippen LogP contribution in [0, 0.1) is 0 Å². The lowest BCUT2D eigenvalue weighted by molar-refractivity contribution is 0.324. The molecule has 0 aliphatic rings. The van der Waals surface area contributed by atoms with Gasteiger partial charge in [-0.15, -0.1) is 0 Å². The maximum absolute atomic E-state index is 5.57. The summed E-state index contributed by atoms with van der Waals surface area (Å²) in [4.78, 5) is 4.94. The standard InChI is InChI=1S/C26H28N2O3/c1-17(2)19-12-10-18(11-13-19)16-28-22-9-7-6-8-21(22)27-26(28)20-14-23(29-3)25(31-5)24(15-20)30-4/h6-15,17H,16H2,1-5H3. The lowest BCUT2D eigenvalue weighted by Gasteiger charge is -2.15. The largest absolute Gasteiger partial charge is 0.493 e. The zero-order valence-corrected chi connectivity index (χ0v) is 18.7. The molecule has 0 atom stereocenters. The number of para-hydroxylation sites is 2. The minimum atomic E-state index is 0.512. The first kappa shape index (κ1) is 20.8. The molecule has 31 heavy (non-hydrogen) atoms. The Balaban J connectivity index is 1.86. The number of hydrogen-bond donors (Lipinski definition) is 0. The van der Waals surface area contributed by atoms with Crippen LogP contribution in [0.5, 0.6) is 17.2 Å². The third-order valence-electron chi connectivity index (χ3n) is 5.56. The summed E-state index contributed by atoms with van der Waals surface area (Å²) in [5.41, 5.74) is 5.50. The number of ether oxygens (including phenoxy) is 3. The average molecular weight is 417 g/mol. The number of rotatable bonds is 7. The highest BCUT2D eigenvalue weighted by Crippen LogP contribution is 2.41. The second kappa shape index (κ2) is 8.72. The van der Waals surface area contributed by atoms with Crippen LogP contribution in [-0.4, -0.2) is 30.9 Å². The van der Waals surface area contributed by atoms with Gasteiger partial charge in [0.05, 0.1) is 32.4 Å². The first-order chi connectivity index (χ1) is 15.0. The molecule has 0 spiro atoms. The van der Waals surface area contributed by atoms with Gasteiger partial charge in [-0.3, -0.25) is 0 Å². The zero-order chi connectivity index (χ0) is 22.0. The number of aromatic nitrogens is 2. The monoisotopic (exact) mass is 416 g/mol. The predicted molar refractivity (Wildman–Crippen MR) is 124 cm³/mol. The fraction of sp³-hybridized carbons (Fsp3) is 0.269. The second-order valence-corrected chi connectivity index (χ2v) is 7.82. The first-order valence-electron chi connectivity index (χ1n) is 10.4. The third-order valence-corrected chi connectivity index (χ3v) is 5.56. The van der Waals surface area contributed by atoms with E-state index in [9.17, 15) is 0 Å². The molecule has 4 aromatic rings. The van der Waals surface area contributed by atoms with Gasteiger partial charge in [0.1, 0.15) is 5.82 Å². The second-order valence-electron chi connectivity index (χ2n) is 7.82. The topological polar surface area (TPSA) is 45.5 Å². The van der Waals surface area contributed by atoms with Crippen LogP contribution < -0.4 is 14.2 Å². The van der Waals surface area contributed by atoms with Crippen LogP contribution in [0.2, 0.25) is 0 Å². The highest BCUT2D eigenvalue weighted by Gasteiger charge is 2.19. The maximum Gasteiger partial charge on any atom is 0.203 e. The molecule has 0 bridgehead atoms. The van der Waals surface area contributed by atoms with E-state index in [0.717, 1.165) is 22.4 Å². The molecule has 1 heterocycles. The molecule has 3 aromatic carbocycles. The molecule has 0 saturated heterocycles. The molecule has 5 heteroatoms. The van der Waals surface area contributed by atoms with Crippen LogP contribution in [0.1, 0.15) is 30.9 Å². The van der Waals surface area contributed by atoms with Gasteiger partial charge >= 0.3 is 0 Å². The fourth-order valence-corrected chi connectivity index (χ4v) is 3.86. The van der Waals surface area contributed by atoms with Gasteiger partial charge in [-0.25, -0.2) is 4.98 Å². The van der Waals surface area contributed by atoms with Crippen molar-refractivity contribution in [2.75, 3.05) is 21.3 Å². The van der Waals surface area contributed by atoms with Gasteiger partial charge in [0.15, 0.2) is 11.5 Å². The zero-order valence-electron chi connectivity index (χ0n) is 18.7. The molecule has 5 nitrogen and oxygen atoms in total. The molecule has 0 unspecified atom stereocenters. The Bertz CT molecular complexity index is 1170. The van der Waals surface area contributed by atoms with Crippen molar-refractivity contribution in [1.29, 1.82) is 0 Å². The Morgan fingerprint density at radius 1 is 0.839 bits per heavy atom. The summed E-state index contributed by atoms with van der Waals surface area (Å²) in [5.74, 6) is 3.15. The summed E-state index contributed by atoms with van der Waals surface area (Å²) >= 11 is 0. The van der Waals surface area contributed by atoms with Crippen LogP contribution in [0.25, 0.3) is 22.4 Å². The van der Waals surface area contributed by atoms with E-state index in [1.54, 1.807) is 21.3 Å². The number of methoxy groups -OCH3 is 3. The van der Waals surface area contributed by atoms with Crippen LogP contribution >= 0.6 is 0 Å². The summed E-state index contributed by atoms with van der Waals surface area (Å²) in [6.45, 7) is 5.13. The molecule has 4 rings (SSSR count). The van der Waals surface area contributed by atoms with Crippen molar-refractivity contribution >= 4 is 11.0 Å². The average Bonchev–Trinajstić information content (AvgIpc) is 3.16. The number of imidazole rings is 1. The number of benzene rings is 3. The Morgan fingerprint density at radius 2 is 1.48 bits per heavy atom. The van der Waals surface area contributed by atoms with Gasteiger partial charge in [0, 0.05) is 12.1 Å². The van der Waals surface area contributed by atoms with Crippen molar-refractivity contribution in [2.24, 2.45) is 0 Å². The summed E-state index contributed by atoms with van der Waals surface area (Å²) in [6.07, 6.45) is 0. The number of fused-ring (bicyclic) bond motifs is 1. The SMILES string of the molecule is COc1cc(-c2nc3ccccc3n2Cc2ccc(C(C)C)cc2)cc(OC)c1OC. The van der Waals surface area contributed by atoms with Gasteiger partial charge in [0.2, 0.25) is 5.75 Å². The first-order valence-corrected chi connectivity index (χ1v) is 10.4. The molecule has 0 saturated carbocycles. The highest BCUT2D eigenvalue weighted by atomic mass is 16.5. The van der Waals surface area contributed by atoms with Gasteiger partial charge in [-0.2, -0.15) is 0 Å². The van der Waals surface area contributed by atoms with Crippen LogP contribution in [0.3, 0.4) is 0 Å². The molecule has 0 fully saturated rings. The summed E-state index contributed by atoms with van der Waals surface area (Å²) in [7, 11) is 4.86. The lowest BCUT2D eigenvalue weighted by Crippen LogP contribution is -2.03. The summed E-state index contributed by atoms with van der Waals surface area (Å²) in [6, 6.07) is 20.9. The van der Waals surface area contributed by atoms with Crippen molar-refractivity contribution in [3.63, 3.8) is 0 Å². The molecule has 0 radical (unpaired) electrons. The smallest absolute Gasteiger partial charge is 0.203 e. The Kier molecular flexibility index (Phi) is 5.85. The Hall–Kier alpha value is -3.47. The van der Waals surface area contributed by atoms with Crippen molar-refractivity contribution in [1.82, 2.24) is 9.55 Å². The van der Waals surface area contributed by atoms with Crippen molar-refractivity contribution in [2.45, 2.75) is 26.3 Å². The summed E-state index contributed by atoms with van der Waals surface area (Å²) in [5, 5.41) is 0. The van der Waals surface area contributed by atoms with Crippen LogP contribution in [-0.2, 0) is 6.54 Å². The van der Waals surface area contributed by atoms with Crippen molar-refractivity contribution < 1.29 is 14.2 Å². The number of hydrogen-bond acceptors (Lipinski definition) is 4. The molecule has 1 aromatic heterocycles. The van der Waals surface area contributed by atoms with Crippen LogP contribution in [0.4, 0.5) is 0 Å². The molecular weight excluding hydrogens is 388 g/mol. The van der Waals surface area contributed by atoms with E-state index in [4.69, 9.17) is 19.2 Å².